The van der Waals surface area contributed by atoms with Crippen molar-refractivity contribution in [3.8, 4) is 5.75 Å². The van der Waals surface area contributed by atoms with Crippen LogP contribution in [0.15, 0.2) is 53.4 Å². The summed E-state index contributed by atoms with van der Waals surface area (Å²) in [6, 6.07) is 14.0. The van der Waals surface area contributed by atoms with Gasteiger partial charge in [-0.1, -0.05) is 17.7 Å². The van der Waals surface area contributed by atoms with Crippen molar-refractivity contribution in [1.29, 1.82) is 0 Å². The van der Waals surface area contributed by atoms with E-state index in [0.717, 1.165) is 17.0 Å². The monoisotopic (exact) mass is 464 g/mol. The minimum Gasteiger partial charge on any atom is -0.497 e. The summed E-state index contributed by atoms with van der Waals surface area (Å²) in [6.45, 7) is 4.54. The minimum atomic E-state index is -3.75. The molecule has 2 atom stereocenters. The molecule has 31 heavy (non-hydrogen) atoms. The van der Waals surface area contributed by atoms with E-state index in [1.165, 1.54) is 0 Å². The smallest absolute Gasteiger partial charge is 0.183 e. The van der Waals surface area contributed by atoms with E-state index in [-0.39, 0.29) is 16.4 Å². The highest BCUT2D eigenvalue weighted by atomic mass is 32.2. The van der Waals surface area contributed by atoms with E-state index in [2.05, 4.69) is 4.90 Å². The normalized spacial score (nSPS) is 24.3. The summed E-state index contributed by atoms with van der Waals surface area (Å²) in [4.78, 5) is 4.46. The van der Waals surface area contributed by atoms with E-state index >= 15 is 0 Å². The Bertz CT molecular complexity index is 1120. The SMILES string of the molecule is COc1ccc(N2CCN([C@H]3CS(=O)(=O)C[C@@H]3S(=O)(=O)c3ccc(C)cc3)CC2)cc1. The zero-order valence-electron chi connectivity index (χ0n) is 17.8. The van der Waals surface area contributed by atoms with Gasteiger partial charge in [-0.25, -0.2) is 16.8 Å². The highest BCUT2D eigenvalue weighted by Crippen LogP contribution is 2.30. The first kappa shape index (κ1) is 22.1. The third kappa shape index (κ3) is 4.58. The van der Waals surface area contributed by atoms with E-state index in [0.29, 0.717) is 26.2 Å². The van der Waals surface area contributed by atoms with E-state index in [1.54, 1.807) is 31.4 Å². The van der Waals surface area contributed by atoms with Gasteiger partial charge >= 0.3 is 0 Å². The fourth-order valence-corrected chi connectivity index (χ4v) is 9.27. The lowest BCUT2D eigenvalue weighted by atomic mass is 10.1. The van der Waals surface area contributed by atoms with E-state index in [4.69, 9.17) is 4.74 Å². The number of sulfone groups is 2. The van der Waals surface area contributed by atoms with Crippen molar-refractivity contribution in [2.75, 3.05) is 49.7 Å². The van der Waals surface area contributed by atoms with Crippen LogP contribution in [0.4, 0.5) is 5.69 Å². The maximum absolute atomic E-state index is 13.3. The molecule has 2 aliphatic rings. The predicted octanol–water partition coefficient (Wildman–Crippen LogP) is 1.77. The van der Waals surface area contributed by atoms with Crippen LogP contribution in [0.1, 0.15) is 5.56 Å². The third-order valence-corrected chi connectivity index (χ3v) is 10.4. The van der Waals surface area contributed by atoms with Crippen LogP contribution in [0.3, 0.4) is 0 Å². The van der Waals surface area contributed by atoms with Crippen LogP contribution in [-0.2, 0) is 19.7 Å². The molecule has 4 rings (SSSR count). The average Bonchev–Trinajstić information content (AvgIpc) is 3.10. The Hall–Kier alpha value is -2.10. The zero-order chi connectivity index (χ0) is 22.2. The molecule has 0 saturated carbocycles. The zero-order valence-corrected chi connectivity index (χ0v) is 19.4. The molecule has 2 aromatic carbocycles. The molecule has 0 unspecified atom stereocenters. The number of hydrogen-bond acceptors (Lipinski definition) is 7. The summed E-state index contributed by atoms with van der Waals surface area (Å²) in [5.74, 6) is 0.375. The number of aryl methyl sites for hydroxylation is 1. The molecule has 2 saturated heterocycles. The first-order chi connectivity index (χ1) is 14.7. The second-order valence-electron chi connectivity index (χ2n) is 8.26. The van der Waals surface area contributed by atoms with Crippen molar-refractivity contribution < 1.29 is 21.6 Å². The highest BCUT2D eigenvalue weighted by Gasteiger charge is 2.48. The molecule has 0 aromatic heterocycles. The van der Waals surface area contributed by atoms with Crippen LogP contribution in [0.25, 0.3) is 0 Å². The quantitative estimate of drug-likeness (QED) is 0.667. The Morgan fingerprint density at radius 3 is 2.10 bits per heavy atom. The number of rotatable bonds is 5. The van der Waals surface area contributed by atoms with Gasteiger partial charge in [-0.2, -0.15) is 0 Å². The number of benzene rings is 2. The molecule has 0 spiro atoms. The molecule has 2 heterocycles. The maximum atomic E-state index is 13.3. The van der Waals surface area contributed by atoms with Crippen LogP contribution in [0.5, 0.6) is 5.75 Å². The number of piperazine rings is 1. The van der Waals surface area contributed by atoms with Crippen molar-refractivity contribution in [2.45, 2.75) is 23.1 Å². The van der Waals surface area contributed by atoms with E-state index in [9.17, 15) is 16.8 Å². The number of hydrogen-bond donors (Lipinski definition) is 0. The second-order valence-corrected chi connectivity index (χ2v) is 12.6. The van der Waals surface area contributed by atoms with Gasteiger partial charge in [-0.15, -0.1) is 0 Å². The number of ether oxygens (including phenoxy) is 1. The summed E-state index contributed by atoms with van der Waals surface area (Å²) in [5, 5.41) is -0.937. The summed E-state index contributed by atoms with van der Waals surface area (Å²) in [5.41, 5.74) is 2.03. The fourth-order valence-electron chi connectivity index (χ4n) is 4.44. The molecular formula is C22H28N2O5S2. The van der Waals surface area contributed by atoms with E-state index in [1.807, 2.05) is 36.1 Å². The van der Waals surface area contributed by atoms with Crippen molar-refractivity contribution >= 4 is 25.4 Å². The lowest BCUT2D eigenvalue weighted by molar-refractivity contribution is 0.201. The van der Waals surface area contributed by atoms with Crippen molar-refractivity contribution in [3.05, 3.63) is 54.1 Å². The standard InChI is InChI=1S/C22H28N2O5S2/c1-17-3-9-20(10-4-17)31(27,28)22-16-30(25,26)15-21(22)24-13-11-23(12-14-24)18-5-7-19(29-2)8-6-18/h3-10,21-22H,11-16H2,1-2H3/t21-,22-/m0/s1. The minimum absolute atomic E-state index is 0.106. The molecule has 9 heteroatoms. The summed E-state index contributed by atoms with van der Waals surface area (Å²) in [7, 11) is -5.53. The third-order valence-electron chi connectivity index (χ3n) is 6.24. The Balaban J connectivity index is 1.51. The van der Waals surface area contributed by atoms with Gasteiger partial charge in [0.2, 0.25) is 0 Å². The maximum Gasteiger partial charge on any atom is 0.183 e. The predicted molar refractivity (Wildman–Crippen MR) is 121 cm³/mol. The van der Waals surface area contributed by atoms with Gasteiger partial charge in [0.05, 0.1) is 28.8 Å². The van der Waals surface area contributed by atoms with Crippen molar-refractivity contribution in [2.24, 2.45) is 0 Å². The molecule has 0 bridgehead atoms. The Morgan fingerprint density at radius 2 is 1.52 bits per heavy atom. The van der Waals surface area contributed by atoms with Gasteiger partial charge < -0.3 is 9.64 Å². The van der Waals surface area contributed by atoms with Gasteiger partial charge in [0.1, 0.15) is 5.75 Å². The first-order valence-corrected chi connectivity index (χ1v) is 13.7. The molecular weight excluding hydrogens is 436 g/mol. The number of methoxy groups -OCH3 is 1. The fraction of sp³-hybridized carbons (Fsp3) is 0.455. The Morgan fingerprint density at radius 1 is 0.903 bits per heavy atom. The van der Waals surface area contributed by atoms with Crippen molar-refractivity contribution in [1.82, 2.24) is 4.90 Å². The number of anilines is 1. The molecule has 2 aromatic rings. The molecule has 0 aliphatic carbocycles. The molecule has 2 fully saturated rings. The van der Waals surface area contributed by atoms with Crippen LogP contribution < -0.4 is 9.64 Å². The van der Waals surface area contributed by atoms with Gasteiger partial charge in [0.15, 0.2) is 19.7 Å². The van der Waals surface area contributed by atoms with Crippen molar-refractivity contribution in [3.63, 3.8) is 0 Å². The molecule has 0 N–H and O–H groups in total. The van der Waals surface area contributed by atoms with Gasteiger partial charge in [-0.05, 0) is 43.3 Å². The van der Waals surface area contributed by atoms with Gasteiger partial charge in [-0.3, -0.25) is 4.90 Å². The second kappa shape index (κ2) is 8.44. The molecule has 2 aliphatic heterocycles. The summed E-state index contributed by atoms with van der Waals surface area (Å²) >= 11 is 0. The molecule has 7 nitrogen and oxygen atoms in total. The van der Waals surface area contributed by atoms with Gasteiger partial charge in [0.25, 0.3) is 0 Å². The average molecular weight is 465 g/mol. The molecule has 0 amide bonds. The van der Waals surface area contributed by atoms with Crippen LogP contribution in [0.2, 0.25) is 0 Å². The van der Waals surface area contributed by atoms with Gasteiger partial charge in [0, 0.05) is 37.9 Å². The van der Waals surface area contributed by atoms with Crippen LogP contribution in [-0.4, -0.2) is 77.8 Å². The largest absolute Gasteiger partial charge is 0.497 e. The van der Waals surface area contributed by atoms with Crippen LogP contribution in [0, 0.1) is 6.92 Å². The molecule has 168 valence electrons. The summed E-state index contributed by atoms with van der Waals surface area (Å²) < 4.78 is 56.8. The van der Waals surface area contributed by atoms with E-state index < -0.39 is 31.0 Å². The first-order valence-electron chi connectivity index (χ1n) is 10.3. The topological polar surface area (TPSA) is 84.0 Å². The summed E-state index contributed by atoms with van der Waals surface area (Å²) in [6.07, 6.45) is 0. The number of nitrogens with zero attached hydrogens (tertiary/aromatic N) is 2. The van der Waals surface area contributed by atoms with Crippen LogP contribution >= 0.6 is 0 Å². The lowest BCUT2D eigenvalue weighted by Gasteiger charge is -2.40. The highest BCUT2D eigenvalue weighted by molar-refractivity contribution is 7.96. The molecule has 0 radical (unpaired) electrons. The Labute approximate surface area is 184 Å². The lowest BCUT2D eigenvalue weighted by Crippen LogP contribution is -2.55. The Kier molecular flexibility index (Phi) is 6.02.